The molecule has 0 saturated heterocycles. The Morgan fingerprint density at radius 1 is 1.58 bits per heavy atom. The fourth-order valence-electron chi connectivity index (χ4n) is 1.51. The number of unbranched alkanes of at least 4 members (excludes halogenated alkanes) is 1. The highest BCUT2D eigenvalue weighted by Gasteiger charge is 2.09. The summed E-state index contributed by atoms with van der Waals surface area (Å²) in [6.45, 7) is 3.80. The van der Waals surface area contributed by atoms with Gasteiger partial charge in [0, 0.05) is 20.1 Å². The van der Waals surface area contributed by atoms with Crippen LogP contribution < -0.4 is 11.1 Å². The normalized spacial score (nSPS) is 9.63. The molecule has 104 valence electrons. The van der Waals surface area contributed by atoms with E-state index < -0.39 is 0 Å². The highest BCUT2D eigenvalue weighted by atomic mass is 32.1. The molecule has 0 atom stereocenters. The Morgan fingerprint density at radius 3 is 3.05 bits per heavy atom. The average Bonchev–Trinajstić information content (AvgIpc) is 2.84. The second-order valence-electron chi connectivity index (χ2n) is 4.27. The van der Waals surface area contributed by atoms with Crippen molar-refractivity contribution < 1.29 is 4.79 Å². The van der Waals surface area contributed by atoms with Gasteiger partial charge in [-0.05, 0) is 23.4 Å². The van der Waals surface area contributed by atoms with Gasteiger partial charge in [0.05, 0.1) is 11.4 Å². The number of urea groups is 1. The zero-order valence-electron chi connectivity index (χ0n) is 11.5. The van der Waals surface area contributed by atoms with Gasteiger partial charge < -0.3 is 16.0 Å². The first-order valence-electron chi connectivity index (χ1n) is 6.42. The van der Waals surface area contributed by atoms with Crippen molar-refractivity contribution in [1.29, 1.82) is 0 Å². The topological polar surface area (TPSA) is 58.4 Å². The number of hydrogen-bond donors (Lipinski definition) is 2. The predicted octanol–water partition coefficient (Wildman–Crippen LogP) is 2.00. The number of carbonyl (C=O) groups is 1. The van der Waals surface area contributed by atoms with Gasteiger partial charge in [0.2, 0.25) is 0 Å². The van der Waals surface area contributed by atoms with Gasteiger partial charge in [-0.15, -0.1) is 11.3 Å². The molecule has 1 rings (SSSR count). The highest BCUT2D eigenvalue weighted by molar-refractivity contribution is 7.10. The molecule has 0 spiro atoms. The Hall–Kier alpha value is -1.51. The van der Waals surface area contributed by atoms with Crippen LogP contribution in [0.3, 0.4) is 0 Å². The molecule has 5 heteroatoms. The Labute approximate surface area is 119 Å². The number of nitrogens with one attached hydrogen (secondary N) is 1. The van der Waals surface area contributed by atoms with Gasteiger partial charge >= 0.3 is 6.03 Å². The van der Waals surface area contributed by atoms with Gasteiger partial charge in [-0.2, -0.15) is 0 Å². The van der Waals surface area contributed by atoms with Crippen LogP contribution in [0.2, 0.25) is 0 Å². The largest absolute Gasteiger partial charge is 0.338 e. The minimum atomic E-state index is -0.0331. The summed E-state index contributed by atoms with van der Waals surface area (Å²) in [6.07, 6.45) is 2.09. The van der Waals surface area contributed by atoms with Crippen molar-refractivity contribution in [2.45, 2.75) is 26.3 Å². The smallest absolute Gasteiger partial charge is 0.317 e. The van der Waals surface area contributed by atoms with Crippen LogP contribution in [0, 0.1) is 11.8 Å². The zero-order chi connectivity index (χ0) is 14.1. The summed E-state index contributed by atoms with van der Waals surface area (Å²) in [4.78, 5) is 14.4. The summed E-state index contributed by atoms with van der Waals surface area (Å²) in [7, 11) is 1.80. The van der Waals surface area contributed by atoms with Crippen LogP contribution in [0.5, 0.6) is 0 Å². The number of thiophene rings is 1. The molecule has 0 bridgehead atoms. The van der Waals surface area contributed by atoms with Crippen LogP contribution in [-0.4, -0.2) is 31.1 Å². The Kier molecular flexibility index (Phi) is 7.01. The maximum Gasteiger partial charge on any atom is 0.317 e. The number of rotatable bonds is 5. The molecule has 4 nitrogen and oxygen atoms in total. The van der Waals surface area contributed by atoms with E-state index in [1.165, 1.54) is 0 Å². The van der Waals surface area contributed by atoms with E-state index in [9.17, 15) is 4.79 Å². The lowest BCUT2D eigenvalue weighted by molar-refractivity contribution is 0.207. The van der Waals surface area contributed by atoms with E-state index in [2.05, 4.69) is 24.1 Å². The highest BCUT2D eigenvalue weighted by Crippen LogP contribution is 2.14. The van der Waals surface area contributed by atoms with E-state index in [-0.39, 0.29) is 6.03 Å². The minimum absolute atomic E-state index is 0.0331. The van der Waals surface area contributed by atoms with Crippen LogP contribution in [0.1, 0.15) is 30.2 Å². The van der Waals surface area contributed by atoms with Crippen LogP contribution in [0.15, 0.2) is 11.4 Å². The average molecular weight is 279 g/mol. The first-order chi connectivity index (χ1) is 9.17. The third-order valence-electron chi connectivity index (χ3n) is 2.54. The van der Waals surface area contributed by atoms with E-state index >= 15 is 0 Å². The van der Waals surface area contributed by atoms with Gasteiger partial charge in [-0.3, -0.25) is 0 Å². The molecule has 19 heavy (non-hydrogen) atoms. The van der Waals surface area contributed by atoms with Crippen LogP contribution in [0.25, 0.3) is 0 Å². The Morgan fingerprint density at radius 2 is 2.37 bits per heavy atom. The van der Waals surface area contributed by atoms with Crippen LogP contribution in [-0.2, 0) is 6.54 Å². The van der Waals surface area contributed by atoms with Gasteiger partial charge in [-0.1, -0.05) is 25.2 Å². The molecule has 0 aliphatic heterocycles. The lowest BCUT2D eigenvalue weighted by Gasteiger charge is -2.17. The molecule has 1 aromatic rings. The summed E-state index contributed by atoms with van der Waals surface area (Å²) < 4.78 is 0. The fourth-order valence-corrected chi connectivity index (χ4v) is 2.29. The van der Waals surface area contributed by atoms with E-state index in [4.69, 9.17) is 5.73 Å². The van der Waals surface area contributed by atoms with Crippen molar-refractivity contribution >= 4 is 17.4 Å². The van der Waals surface area contributed by atoms with E-state index in [0.717, 1.165) is 29.8 Å². The second kappa shape index (κ2) is 8.57. The van der Waals surface area contributed by atoms with Crippen molar-refractivity contribution in [3.63, 3.8) is 0 Å². The molecule has 1 heterocycles. The SMILES string of the molecule is CCCCNC(=O)N(C)Cc1csc(C#CCN)c1. The standard InChI is InChI=1S/C14H21N3OS/c1-3-4-8-16-14(18)17(2)10-12-9-13(19-11-12)6-5-7-15/h9,11H,3-4,7-8,10,15H2,1-2H3,(H,16,18). The molecule has 0 aliphatic rings. The Bertz CT molecular complexity index is 459. The first-order valence-corrected chi connectivity index (χ1v) is 7.30. The maximum atomic E-state index is 11.8. The quantitative estimate of drug-likeness (QED) is 0.640. The molecule has 1 aromatic heterocycles. The lowest BCUT2D eigenvalue weighted by atomic mass is 10.3. The number of carbonyl (C=O) groups excluding carboxylic acids is 1. The van der Waals surface area contributed by atoms with Crippen LogP contribution >= 0.6 is 11.3 Å². The summed E-state index contributed by atoms with van der Waals surface area (Å²) in [6, 6.07) is 1.97. The van der Waals surface area contributed by atoms with E-state index in [1.54, 1.807) is 23.3 Å². The molecule has 0 aliphatic carbocycles. The molecular weight excluding hydrogens is 258 g/mol. The fraction of sp³-hybridized carbons (Fsp3) is 0.500. The zero-order valence-corrected chi connectivity index (χ0v) is 12.3. The van der Waals surface area contributed by atoms with Gasteiger partial charge in [0.1, 0.15) is 0 Å². The van der Waals surface area contributed by atoms with Crippen LogP contribution in [0.4, 0.5) is 4.79 Å². The molecular formula is C14H21N3OS. The molecule has 0 radical (unpaired) electrons. The third-order valence-corrected chi connectivity index (χ3v) is 3.43. The van der Waals surface area contributed by atoms with E-state index in [1.807, 2.05) is 11.4 Å². The lowest BCUT2D eigenvalue weighted by Crippen LogP contribution is -2.37. The van der Waals surface area contributed by atoms with Crippen molar-refractivity contribution in [2.24, 2.45) is 5.73 Å². The number of amides is 2. The minimum Gasteiger partial charge on any atom is -0.338 e. The number of hydrogen-bond acceptors (Lipinski definition) is 3. The van der Waals surface area contributed by atoms with Crippen molar-refractivity contribution in [3.8, 4) is 11.8 Å². The Balaban J connectivity index is 2.45. The molecule has 0 saturated carbocycles. The second-order valence-corrected chi connectivity index (χ2v) is 5.18. The molecule has 0 unspecified atom stereocenters. The number of nitrogens with two attached hydrogens (primary N) is 1. The van der Waals surface area contributed by atoms with Gasteiger partial charge in [-0.25, -0.2) is 4.79 Å². The first kappa shape index (κ1) is 15.5. The van der Waals surface area contributed by atoms with Gasteiger partial charge in [0.25, 0.3) is 0 Å². The monoisotopic (exact) mass is 279 g/mol. The molecule has 3 N–H and O–H groups in total. The van der Waals surface area contributed by atoms with E-state index in [0.29, 0.717) is 13.1 Å². The predicted molar refractivity (Wildman–Crippen MR) is 80.0 cm³/mol. The van der Waals surface area contributed by atoms with Crippen molar-refractivity contribution in [1.82, 2.24) is 10.2 Å². The van der Waals surface area contributed by atoms with Gasteiger partial charge in [0.15, 0.2) is 0 Å². The number of nitrogens with zero attached hydrogens (tertiary/aromatic N) is 1. The maximum absolute atomic E-state index is 11.8. The van der Waals surface area contributed by atoms with Crippen molar-refractivity contribution in [3.05, 3.63) is 21.9 Å². The third kappa shape index (κ3) is 5.77. The molecule has 0 fully saturated rings. The summed E-state index contributed by atoms with van der Waals surface area (Å²) in [5, 5.41) is 4.91. The molecule has 2 amide bonds. The van der Waals surface area contributed by atoms with Crippen molar-refractivity contribution in [2.75, 3.05) is 20.1 Å². The summed E-state index contributed by atoms with van der Waals surface area (Å²) >= 11 is 1.58. The summed E-state index contributed by atoms with van der Waals surface area (Å²) in [5.41, 5.74) is 6.43. The summed E-state index contributed by atoms with van der Waals surface area (Å²) in [5.74, 6) is 5.82. The molecule has 0 aromatic carbocycles.